The highest BCUT2D eigenvalue weighted by atomic mass is 15.3. The molecular weight excluding hydrogens is 326 g/mol. The Labute approximate surface area is 152 Å². The maximum Gasteiger partial charge on any atom is 0.228 e. The third-order valence-electron chi connectivity index (χ3n) is 6.74. The molecule has 3 aliphatic heterocycles. The Morgan fingerprint density at radius 1 is 0.885 bits per heavy atom. The fraction of sp³-hybridized carbons (Fsp3) is 0.579. The average molecular weight is 349 g/mol. The number of hydrogen-bond acceptors (Lipinski definition) is 7. The quantitative estimate of drug-likeness (QED) is 0.908. The van der Waals surface area contributed by atoms with Gasteiger partial charge in [0.15, 0.2) is 0 Å². The van der Waals surface area contributed by atoms with Crippen molar-refractivity contribution in [3.8, 4) is 11.3 Å². The van der Waals surface area contributed by atoms with Crippen LogP contribution in [0.3, 0.4) is 0 Å². The summed E-state index contributed by atoms with van der Waals surface area (Å²) in [5.74, 6) is 3.90. The lowest BCUT2D eigenvalue weighted by atomic mass is 9.86. The van der Waals surface area contributed by atoms with Crippen LogP contribution in [-0.4, -0.2) is 45.1 Å². The highest BCUT2D eigenvalue weighted by Gasteiger charge is 2.44. The van der Waals surface area contributed by atoms with Crippen LogP contribution in [0.2, 0.25) is 0 Å². The Morgan fingerprint density at radius 2 is 1.65 bits per heavy atom. The largest absolute Gasteiger partial charge is 0.368 e. The number of nitrogens with zero attached hydrogens (tertiary/aromatic N) is 6. The van der Waals surface area contributed by atoms with Gasteiger partial charge in [0.25, 0.3) is 0 Å². The lowest BCUT2D eigenvalue weighted by molar-refractivity contribution is 0.380. The molecule has 2 aliphatic carbocycles. The maximum absolute atomic E-state index is 5.66. The Balaban J connectivity index is 1.43. The van der Waals surface area contributed by atoms with Crippen LogP contribution >= 0.6 is 0 Å². The molecule has 7 heteroatoms. The van der Waals surface area contributed by atoms with Crippen LogP contribution in [0.15, 0.2) is 18.5 Å². The molecule has 5 aliphatic rings. The molecule has 0 amide bonds. The first kappa shape index (κ1) is 14.7. The van der Waals surface area contributed by atoms with Crippen molar-refractivity contribution in [3.63, 3.8) is 0 Å². The van der Waals surface area contributed by atoms with E-state index in [1.807, 2.05) is 0 Å². The lowest BCUT2D eigenvalue weighted by Gasteiger charge is -2.30. The van der Waals surface area contributed by atoms with Gasteiger partial charge in [0.2, 0.25) is 11.9 Å². The van der Waals surface area contributed by atoms with E-state index in [4.69, 9.17) is 15.7 Å². The van der Waals surface area contributed by atoms with E-state index < -0.39 is 0 Å². The van der Waals surface area contributed by atoms with Gasteiger partial charge in [-0.2, -0.15) is 4.98 Å². The van der Waals surface area contributed by atoms with Crippen LogP contribution in [0.4, 0.5) is 17.7 Å². The van der Waals surface area contributed by atoms with Gasteiger partial charge in [0.05, 0.1) is 5.69 Å². The van der Waals surface area contributed by atoms with Crippen molar-refractivity contribution >= 4 is 17.7 Å². The molecule has 2 unspecified atom stereocenters. The summed E-state index contributed by atoms with van der Waals surface area (Å²) >= 11 is 0. The zero-order chi connectivity index (χ0) is 17.3. The molecule has 2 saturated carbocycles. The molecule has 2 atom stereocenters. The van der Waals surface area contributed by atoms with E-state index in [1.54, 1.807) is 12.4 Å². The average Bonchev–Trinajstić information content (AvgIpc) is 3.41. The highest BCUT2D eigenvalue weighted by Crippen LogP contribution is 2.44. The molecule has 134 valence electrons. The summed E-state index contributed by atoms with van der Waals surface area (Å²) in [6.45, 7) is 2.22. The molecule has 0 aromatic carbocycles. The van der Waals surface area contributed by atoms with Gasteiger partial charge in [-0.15, -0.1) is 0 Å². The molecule has 7 nitrogen and oxygen atoms in total. The van der Waals surface area contributed by atoms with Crippen molar-refractivity contribution in [2.75, 3.05) is 28.6 Å². The summed E-state index contributed by atoms with van der Waals surface area (Å²) in [7, 11) is 0. The van der Waals surface area contributed by atoms with Gasteiger partial charge in [-0.3, -0.25) is 0 Å². The van der Waals surface area contributed by atoms with E-state index in [0.29, 0.717) is 18.0 Å². The summed E-state index contributed by atoms with van der Waals surface area (Å²) in [6.07, 6.45) is 10.1. The van der Waals surface area contributed by atoms with Crippen molar-refractivity contribution in [1.82, 2.24) is 19.9 Å². The monoisotopic (exact) mass is 349 g/mol. The molecule has 7 rings (SSSR count). The van der Waals surface area contributed by atoms with E-state index >= 15 is 0 Å². The van der Waals surface area contributed by atoms with E-state index in [-0.39, 0.29) is 0 Å². The van der Waals surface area contributed by atoms with Crippen LogP contribution in [0, 0.1) is 11.8 Å². The Kier molecular flexibility index (Phi) is 2.99. The van der Waals surface area contributed by atoms with Gasteiger partial charge in [-0.25, -0.2) is 15.0 Å². The SMILES string of the molecule is Nc1ncc(-c2cc(N3CC4CCC3C4)nc(N3CC4CC3C4)n2)cn1. The second-order valence-corrected chi connectivity index (χ2v) is 8.37. The standard InChI is InChI=1S/C19H23N7/c20-18-21-7-13(8-22-18)16-6-17(25-9-11-1-2-14(25)3-11)24-19(23-16)26-10-12-4-15(26)5-12/h6-8,11-12,14-15H,1-5,9-10H2,(H2,20,21,22). The number of hydrogen-bond donors (Lipinski definition) is 1. The van der Waals surface area contributed by atoms with Crippen molar-refractivity contribution in [2.45, 2.75) is 44.2 Å². The number of nitrogens with two attached hydrogens (primary N) is 1. The molecule has 3 saturated heterocycles. The fourth-order valence-corrected chi connectivity index (χ4v) is 5.30. The number of rotatable bonds is 3. The summed E-state index contributed by atoms with van der Waals surface area (Å²) in [5, 5.41) is 0. The minimum Gasteiger partial charge on any atom is -0.368 e. The topological polar surface area (TPSA) is 84.1 Å². The summed E-state index contributed by atoms with van der Waals surface area (Å²) in [6, 6.07) is 3.38. The van der Waals surface area contributed by atoms with E-state index in [2.05, 4.69) is 25.8 Å². The molecular formula is C19H23N7. The van der Waals surface area contributed by atoms with Crippen LogP contribution in [0.25, 0.3) is 11.3 Å². The molecule has 0 radical (unpaired) electrons. The number of fused-ring (bicyclic) bond motifs is 3. The van der Waals surface area contributed by atoms with Crippen LogP contribution in [0.1, 0.15) is 32.1 Å². The van der Waals surface area contributed by atoms with Gasteiger partial charge in [0, 0.05) is 49.2 Å². The first-order valence-corrected chi connectivity index (χ1v) is 9.73. The lowest BCUT2D eigenvalue weighted by Crippen LogP contribution is -2.34. The molecule has 2 N–H and O–H groups in total. The fourth-order valence-electron chi connectivity index (χ4n) is 5.30. The van der Waals surface area contributed by atoms with Crippen LogP contribution < -0.4 is 15.5 Å². The predicted octanol–water partition coefficient (Wildman–Crippen LogP) is 2.10. The summed E-state index contributed by atoms with van der Waals surface area (Å²) in [4.78, 5) is 23.1. The second-order valence-electron chi connectivity index (χ2n) is 8.37. The van der Waals surface area contributed by atoms with E-state index in [1.165, 1.54) is 32.1 Å². The molecule has 5 heterocycles. The molecule has 5 fully saturated rings. The molecule has 26 heavy (non-hydrogen) atoms. The summed E-state index contributed by atoms with van der Waals surface area (Å²) < 4.78 is 0. The van der Waals surface area contributed by atoms with E-state index in [0.717, 1.165) is 47.9 Å². The minimum atomic E-state index is 0.292. The molecule has 4 bridgehead atoms. The number of anilines is 3. The second kappa shape index (κ2) is 5.28. The van der Waals surface area contributed by atoms with Gasteiger partial charge >= 0.3 is 0 Å². The first-order valence-electron chi connectivity index (χ1n) is 9.73. The van der Waals surface area contributed by atoms with Crippen molar-refractivity contribution < 1.29 is 0 Å². The third-order valence-corrected chi connectivity index (χ3v) is 6.74. The van der Waals surface area contributed by atoms with Gasteiger partial charge < -0.3 is 15.5 Å². The zero-order valence-electron chi connectivity index (χ0n) is 14.8. The third kappa shape index (κ3) is 2.19. The normalized spacial score (nSPS) is 31.5. The van der Waals surface area contributed by atoms with Crippen molar-refractivity contribution in [2.24, 2.45) is 11.8 Å². The van der Waals surface area contributed by atoms with E-state index in [9.17, 15) is 0 Å². The molecule has 0 spiro atoms. The van der Waals surface area contributed by atoms with Gasteiger partial charge in [-0.05, 0) is 43.9 Å². The number of aromatic nitrogens is 4. The number of piperidine rings is 1. The van der Waals surface area contributed by atoms with Crippen molar-refractivity contribution in [3.05, 3.63) is 18.5 Å². The van der Waals surface area contributed by atoms with Gasteiger partial charge in [0.1, 0.15) is 5.82 Å². The smallest absolute Gasteiger partial charge is 0.228 e. The highest BCUT2D eigenvalue weighted by molar-refractivity contribution is 5.65. The number of nitrogen functional groups attached to an aromatic ring is 1. The molecule has 2 aromatic rings. The maximum atomic E-state index is 5.66. The van der Waals surface area contributed by atoms with Crippen molar-refractivity contribution in [1.29, 1.82) is 0 Å². The van der Waals surface area contributed by atoms with Gasteiger partial charge in [-0.1, -0.05) is 0 Å². The Morgan fingerprint density at radius 3 is 2.31 bits per heavy atom. The Hall–Kier alpha value is -2.44. The zero-order valence-corrected chi connectivity index (χ0v) is 14.8. The Bertz CT molecular complexity index is 845. The predicted molar refractivity (Wildman–Crippen MR) is 99.8 cm³/mol. The minimum absolute atomic E-state index is 0.292. The van der Waals surface area contributed by atoms with Crippen LogP contribution in [-0.2, 0) is 0 Å². The molecule has 2 aromatic heterocycles. The first-order chi connectivity index (χ1) is 12.7. The summed E-state index contributed by atoms with van der Waals surface area (Å²) in [5.41, 5.74) is 7.46. The van der Waals surface area contributed by atoms with Crippen LogP contribution in [0.5, 0.6) is 0 Å².